The van der Waals surface area contributed by atoms with Crippen molar-refractivity contribution in [2.75, 3.05) is 19.6 Å². The minimum Gasteiger partial charge on any atom is -0.313 e. The van der Waals surface area contributed by atoms with Crippen LogP contribution in [0.5, 0.6) is 0 Å². The van der Waals surface area contributed by atoms with Crippen LogP contribution >= 0.6 is 0 Å². The maximum absolute atomic E-state index is 3.70. The van der Waals surface area contributed by atoms with Crippen molar-refractivity contribution >= 4 is 0 Å². The third-order valence-corrected chi connectivity index (χ3v) is 3.97. The largest absolute Gasteiger partial charge is 0.313 e. The Kier molecular flexibility index (Phi) is 3.36. The van der Waals surface area contributed by atoms with Crippen LogP contribution in [-0.4, -0.2) is 36.1 Å². The van der Waals surface area contributed by atoms with Gasteiger partial charge in [-0.25, -0.2) is 0 Å². The third kappa shape index (κ3) is 2.94. The Balaban J connectivity index is 1.90. The predicted molar refractivity (Wildman–Crippen MR) is 65.1 cm³/mol. The molecule has 0 radical (unpaired) electrons. The van der Waals surface area contributed by atoms with Crippen LogP contribution in [0.1, 0.15) is 46.5 Å². The summed E-state index contributed by atoms with van der Waals surface area (Å²) < 4.78 is 0. The maximum atomic E-state index is 3.70. The molecule has 1 saturated carbocycles. The smallest absolute Gasteiger partial charge is 0.0197 e. The summed E-state index contributed by atoms with van der Waals surface area (Å²) in [5.74, 6) is 0.814. The lowest BCUT2D eigenvalue weighted by molar-refractivity contribution is 0.181. The molecule has 1 unspecified atom stereocenters. The highest BCUT2D eigenvalue weighted by Gasteiger charge is 2.43. The summed E-state index contributed by atoms with van der Waals surface area (Å²) in [6, 6.07) is 0.727. The fourth-order valence-electron chi connectivity index (χ4n) is 2.71. The Hall–Kier alpha value is -0.0800. The van der Waals surface area contributed by atoms with Gasteiger partial charge in [0.15, 0.2) is 0 Å². The second kappa shape index (κ2) is 4.42. The summed E-state index contributed by atoms with van der Waals surface area (Å²) in [6.45, 7) is 10.9. The summed E-state index contributed by atoms with van der Waals surface area (Å²) >= 11 is 0. The molecule has 0 bridgehead atoms. The predicted octanol–water partition coefficient (Wildman–Crippen LogP) is 2.25. The van der Waals surface area contributed by atoms with E-state index in [2.05, 4.69) is 31.0 Å². The molecule has 0 aromatic carbocycles. The van der Waals surface area contributed by atoms with Gasteiger partial charge in [0.25, 0.3) is 0 Å². The van der Waals surface area contributed by atoms with Crippen molar-refractivity contribution in [1.82, 2.24) is 10.2 Å². The summed E-state index contributed by atoms with van der Waals surface area (Å²) in [6.07, 6.45) is 5.49. The highest BCUT2D eigenvalue weighted by Crippen LogP contribution is 2.41. The molecule has 1 N–H and O–H groups in total. The van der Waals surface area contributed by atoms with E-state index in [1.807, 2.05) is 0 Å². The fraction of sp³-hybridized carbons (Fsp3) is 1.00. The van der Waals surface area contributed by atoms with Gasteiger partial charge in [-0.2, -0.15) is 0 Å². The first-order chi connectivity index (χ1) is 7.10. The minimum atomic E-state index is 0.571. The van der Waals surface area contributed by atoms with Gasteiger partial charge >= 0.3 is 0 Å². The monoisotopic (exact) mass is 210 g/mol. The lowest BCUT2D eigenvalue weighted by atomic mass is 10.0. The number of nitrogens with zero attached hydrogens (tertiary/aromatic N) is 1. The van der Waals surface area contributed by atoms with Gasteiger partial charge in [-0.15, -0.1) is 0 Å². The van der Waals surface area contributed by atoms with Crippen molar-refractivity contribution in [3.8, 4) is 0 Å². The van der Waals surface area contributed by atoms with Gasteiger partial charge in [-0.05, 0) is 51.6 Å². The van der Waals surface area contributed by atoms with E-state index in [9.17, 15) is 0 Å². The molecule has 0 amide bonds. The standard InChI is InChI=1S/C13H26N2/c1-11(2)9-12-10-15(8-4-7-14-12)13(3)5-6-13/h11-12,14H,4-10H2,1-3H3. The van der Waals surface area contributed by atoms with E-state index in [0.29, 0.717) is 5.54 Å². The molecule has 1 aliphatic carbocycles. The van der Waals surface area contributed by atoms with Crippen LogP contribution < -0.4 is 5.32 Å². The second-order valence-corrected chi connectivity index (χ2v) is 6.08. The molecule has 2 aliphatic rings. The summed E-state index contributed by atoms with van der Waals surface area (Å²) in [7, 11) is 0. The maximum Gasteiger partial charge on any atom is 0.0197 e. The number of rotatable bonds is 3. The van der Waals surface area contributed by atoms with Crippen LogP contribution in [0.15, 0.2) is 0 Å². The normalized spacial score (nSPS) is 31.6. The molecular weight excluding hydrogens is 184 g/mol. The summed E-state index contributed by atoms with van der Waals surface area (Å²) in [4.78, 5) is 2.74. The Morgan fingerprint density at radius 2 is 2.13 bits per heavy atom. The SMILES string of the molecule is CC(C)CC1CN(C2(C)CC2)CCCN1. The Morgan fingerprint density at radius 3 is 2.73 bits per heavy atom. The zero-order valence-corrected chi connectivity index (χ0v) is 10.6. The Morgan fingerprint density at radius 1 is 1.40 bits per heavy atom. The van der Waals surface area contributed by atoms with Crippen LogP contribution in [-0.2, 0) is 0 Å². The number of nitrogens with one attached hydrogen (secondary N) is 1. The molecule has 1 saturated heterocycles. The number of hydrogen-bond donors (Lipinski definition) is 1. The van der Waals surface area contributed by atoms with Gasteiger partial charge in [0.2, 0.25) is 0 Å². The van der Waals surface area contributed by atoms with Gasteiger partial charge in [0.05, 0.1) is 0 Å². The lowest BCUT2D eigenvalue weighted by Gasteiger charge is -2.30. The van der Waals surface area contributed by atoms with Crippen molar-refractivity contribution in [3.63, 3.8) is 0 Å². The van der Waals surface area contributed by atoms with E-state index in [1.54, 1.807) is 0 Å². The molecule has 2 fully saturated rings. The minimum absolute atomic E-state index is 0.571. The molecule has 88 valence electrons. The van der Waals surface area contributed by atoms with E-state index >= 15 is 0 Å². The van der Waals surface area contributed by atoms with Crippen molar-refractivity contribution < 1.29 is 0 Å². The number of hydrogen-bond acceptors (Lipinski definition) is 2. The van der Waals surface area contributed by atoms with Crippen LogP contribution in [0.2, 0.25) is 0 Å². The molecule has 2 nitrogen and oxygen atoms in total. The average molecular weight is 210 g/mol. The van der Waals surface area contributed by atoms with E-state index in [0.717, 1.165) is 12.0 Å². The molecule has 0 aromatic heterocycles. The zero-order valence-electron chi connectivity index (χ0n) is 10.6. The molecule has 1 aliphatic heterocycles. The average Bonchev–Trinajstić information content (AvgIpc) is 2.90. The Bertz CT molecular complexity index is 209. The van der Waals surface area contributed by atoms with Crippen molar-refractivity contribution in [1.29, 1.82) is 0 Å². The van der Waals surface area contributed by atoms with Crippen molar-refractivity contribution in [2.24, 2.45) is 5.92 Å². The van der Waals surface area contributed by atoms with Gasteiger partial charge in [0.1, 0.15) is 0 Å². The third-order valence-electron chi connectivity index (χ3n) is 3.97. The Labute approximate surface area is 94.4 Å². The van der Waals surface area contributed by atoms with E-state index < -0.39 is 0 Å². The van der Waals surface area contributed by atoms with E-state index in [4.69, 9.17) is 0 Å². The van der Waals surface area contributed by atoms with Crippen molar-refractivity contribution in [3.05, 3.63) is 0 Å². The van der Waals surface area contributed by atoms with Gasteiger partial charge in [0, 0.05) is 18.1 Å². The first-order valence-electron chi connectivity index (χ1n) is 6.58. The molecule has 0 spiro atoms. The molecule has 2 heteroatoms. The highest BCUT2D eigenvalue weighted by molar-refractivity contribution is 5.01. The van der Waals surface area contributed by atoms with Crippen LogP contribution in [0.3, 0.4) is 0 Å². The van der Waals surface area contributed by atoms with Crippen LogP contribution in [0, 0.1) is 5.92 Å². The summed E-state index contributed by atoms with van der Waals surface area (Å²) in [5.41, 5.74) is 0.571. The fourth-order valence-corrected chi connectivity index (χ4v) is 2.71. The molecule has 0 aromatic rings. The highest BCUT2D eigenvalue weighted by atomic mass is 15.2. The second-order valence-electron chi connectivity index (χ2n) is 6.08. The molecule has 15 heavy (non-hydrogen) atoms. The molecular formula is C13H26N2. The van der Waals surface area contributed by atoms with Gasteiger partial charge in [-0.1, -0.05) is 13.8 Å². The van der Waals surface area contributed by atoms with Gasteiger partial charge in [-0.3, -0.25) is 4.90 Å². The van der Waals surface area contributed by atoms with Crippen molar-refractivity contribution in [2.45, 2.75) is 58.0 Å². The van der Waals surface area contributed by atoms with Crippen LogP contribution in [0.4, 0.5) is 0 Å². The first kappa shape index (κ1) is 11.4. The van der Waals surface area contributed by atoms with E-state index in [-0.39, 0.29) is 0 Å². The van der Waals surface area contributed by atoms with E-state index in [1.165, 1.54) is 45.3 Å². The van der Waals surface area contributed by atoms with Gasteiger partial charge < -0.3 is 5.32 Å². The summed E-state index contributed by atoms with van der Waals surface area (Å²) in [5, 5.41) is 3.70. The lowest BCUT2D eigenvalue weighted by Crippen LogP contribution is -2.43. The molecule has 1 atom stereocenters. The topological polar surface area (TPSA) is 15.3 Å². The zero-order chi connectivity index (χ0) is 10.9. The quantitative estimate of drug-likeness (QED) is 0.768. The first-order valence-corrected chi connectivity index (χ1v) is 6.58. The molecule has 1 heterocycles. The molecule has 2 rings (SSSR count). The van der Waals surface area contributed by atoms with Crippen LogP contribution in [0.25, 0.3) is 0 Å².